The van der Waals surface area contributed by atoms with Crippen molar-refractivity contribution in [1.82, 2.24) is 15.4 Å². The van der Waals surface area contributed by atoms with Crippen LogP contribution >= 0.6 is 12.4 Å². The second kappa shape index (κ2) is 9.02. The Hall–Kier alpha value is -1.41. The van der Waals surface area contributed by atoms with Gasteiger partial charge in [-0.1, -0.05) is 12.1 Å². The van der Waals surface area contributed by atoms with Gasteiger partial charge in [0.25, 0.3) is 5.91 Å². The molecule has 1 aliphatic rings. The minimum atomic E-state index is -3.62. The number of hydrogen-bond acceptors (Lipinski definition) is 4. The van der Waals surface area contributed by atoms with Crippen LogP contribution in [-0.4, -0.2) is 40.0 Å². The highest BCUT2D eigenvalue weighted by molar-refractivity contribution is 7.89. The topological polar surface area (TPSA) is 87.3 Å². The minimum Gasteiger partial charge on any atom is -0.350 e. The van der Waals surface area contributed by atoms with Crippen LogP contribution in [0.5, 0.6) is 0 Å². The molecular weight excluding hydrogens is 338 g/mol. The van der Waals surface area contributed by atoms with Gasteiger partial charge in [0, 0.05) is 24.7 Å². The molecule has 6 nitrogen and oxygen atoms in total. The Labute approximate surface area is 143 Å². The quantitative estimate of drug-likeness (QED) is 0.635. The Morgan fingerprint density at radius 1 is 1.43 bits per heavy atom. The van der Waals surface area contributed by atoms with Crippen molar-refractivity contribution in [2.24, 2.45) is 0 Å². The fourth-order valence-corrected chi connectivity index (χ4v) is 3.35. The van der Waals surface area contributed by atoms with Gasteiger partial charge in [-0.2, -0.15) is 0 Å². The molecule has 1 fully saturated rings. The van der Waals surface area contributed by atoms with E-state index < -0.39 is 10.0 Å². The van der Waals surface area contributed by atoms with Gasteiger partial charge in [0.15, 0.2) is 0 Å². The van der Waals surface area contributed by atoms with E-state index in [9.17, 15) is 13.2 Å². The van der Waals surface area contributed by atoms with Crippen LogP contribution in [0.25, 0.3) is 0 Å². The molecule has 1 aromatic carbocycles. The van der Waals surface area contributed by atoms with Crippen molar-refractivity contribution >= 4 is 28.3 Å². The van der Waals surface area contributed by atoms with Crippen molar-refractivity contribution < 1.29 is 13.2 Å². The molecule has 1 saturated heterocycles. The van der Waals surface area contributed by atoms with Gasteiger partial charge in [-0.15, -0.1) is 19.0 Å². The number of carbonyl (C=O) groups excluding carboxylic acids is 1. The summed E-state index contributed by atoms with van der Waals surface area (Å²) in [6, 6.07) is 6.30. The van der Waals surface area contributed by atoms with Gasteiger partial charge in [-0.3, -0.25) is 4.79 Å². The van der Waals surface area contributed by atoms with Crippen molar-refractivity contribution in [2.75, 3.05) is 19.6 Å². The molecule has 1 unspecified atom stereocenters. The average molecular weight is 360 g/mol. The molecule has 0 bridgehead atoms. The van der Waals surface area contributed by atoms with E-state index in [1.807, 2.05) is 0 Å². The zero-order chi connectivity index (χ0) is 16.0. The fourth-order valence-electron chi connectivity index (χ4n) is 2.31. The highest BCUT2D eigenvalue weighted by Gasteiger charge is 2.17. The second-order valence-corrected chi connectivity index (χ2v) is 6.94. The van der Waals surface area contributed by atoms with Crippen molar-refractivity contribution in [2.45, 2.75) is 23.8 Å². The van der Waals surface area contributed by atoms with Gasteiger partial charge in [0.2, 0.25) is 10.0 Å². The van der Waals surface area contributed by atoms with E-state index in [1.54, 1.807) is 12.1 Å². The second-order valence-electron chi connectivity index (χ2n) is 5.17. The van der Waals surface area contributed by atoms with E-state index >= 15 is 0 Å². The standard InChI is InChI=1S/C15H21N3O3S.ClH/c1-2-8-18-22(20,21)14-7-3-5-12(10-14)15(19)17-11-13-6-4-9-16-13;/h2-3,5,7,10,13,16,18H,1,4,6,8-9,11H2,(H,17,19);1H. The monoisotopic (exact) mass is 359 g/mol. The summed E-state index contributed by atoms with van der Waals surface area (Å²) in [6.45, 7) is 5.13. The summed E-state index contributed by atoms with van der Waals surface area (Å²) >= 11 is 0. The number of rotatable bonds is 7. The molecule has 2 rings (SSSR count). The van der Waals surface area contributed by atoms with E-state index in [2.05, 4.69) is 21.9 Å². The first-order valence-electron chi connectivity index (χ1n) is 7.25. The van der Waals surface area contributed by atoms with Crippen LogP contribution in [0.3, 0.4) is 0 Å². The predicted octanol–water partition coefficient (Wildman–Crippen LogP) is 1.05. The van der Waals surface area contributed by atoms with Crippen LogP contribution in [-0.2, 0) is 10.0 Å². The maximum Gasteiger partial charge on any atom is 0.251 e. The maximum atomic E-state index is 12.1. The van der Waals surface area contributed by atoms with Crippen LogP contribution in [0.15, 0.2) is 41.8 Å². The molecule has 1 atom stereocenters. The molecule has 1 aliphatic heterocycles. The van der Waals surface area contributed by atoms with Gasteiger partial charge in [0.1, 0.15) is 0 Å². The Morgan fingerprint density at radius 2 is 2.22 bits per heavy atom. The maximum absolute atomic E-state index is 12.1. The molecule has 8 heteroatoms. The molecule has 128 valence electrons. The lowest BCUT2D eigenvalue weighted by molar-refractivity contribution is 0.0950. The largest absolute Gasteiger partial charge is 0.350 e. The lowest BCUT2D eigenvalue weighted by Crippen LogP contribution is -2.37. The highest BCUT2D eigenvalue weighted by atomic mass is 35.5. The molecule has 23 heavy (non-hydrogen) atoms. The van der Waals surface area contributed by atoms with Gasteiger partial charge < -0.3 is 10.6 Å². The van der Waals surface area contributed by atoms with E-state index in [0.29, 0.717) is 18.2 Å². The van der Waals surface area contributed by atoms with Crippen molar-refractivity contribution in [3.8, 4) is 0 Å². The summed E-state index contributed by atoms with van der Waals surface area (Å²) in [6.07, 6.45) is 3.62. The molecule has 0 aliphatic carbocycles. The summed E-state index contributed by atoms with van der Waals surface area (Å²) < 4.78 is 26.4. The van der Waals surface area contributed by atoms with Crippen molar-refractivity contribution in [1.29, 1.82) is 0 Å². The summed E-state index contributed by atoms with van der Waals surface area (Å²) in [4.78, 5) is 12.2. The predicted molar refractivity (Wildman–Crippen MR) is 92.4 cm³/mol. The average Bonchev–Trinajstić information content (AvgIpc) is 3.04. The Morgan fingerprint density at radius 3 is 2.87 bits per heavy atom. The molecule has 0 aromatic heterocycles. The van der Waals surface area contributed by atoms with Crippen LogP contribution < -0.4 is 15.4 Å². The number of benzene rings is 1. The number of amides is 1. The summed E-state index contributed by atoms with van der Waals surface area (Å²) in [7, 11) is -3.62. The molecule has 1 aromatic rings. The Bertz CT molecular complexity index is 643. The van der Waals surface area contributed by atoms with Crippen LogP contribution in [0.4, 0.5) is 0 Å². The number of halogens is 1. The first kappa shape index (κ1) is 19.6. The summed E-state index contributed by atoms with van der Waals surface area (Å²) in [5, 5.41) is 6.12. The highest BCUT2D eigenvalue weighted by Crippen LogP contribution is 2.12. The third kappa shape index (κ3) is 5.62. The zero-order valence-electron chi connectivity index (χ0n) is 12.7. The van der Waals surface area contributed by atoms with Crippen LogP contribution in [0.1, 0.15) is 23.2 Å². The van der Waals surface area contributed by atoms with E-state index in [-0.39, 0.29) is 29.8 Å². The van der Waals surface area contributed by atoms with Crippen LogP contribution in [0, 0.1) is 0 Å². The number of hydrogen-bond donors (Lipinski definition) is 3. The Kier molecular flexibility index (Phi) is 7.70. The summed E-state index contributed by atoms with van der Waals surface area (Å²) in [5.41, 5.74) is 0.333. The first-order valence-corrected chi connectivity index (χ1v) is 8.73. The first-order chi connectivity index (χ1) is 10.5. The molecule has 3 N–H and O–H groups in total. The molecule has 1 heterocycles. The normalized spacial score (nSPS) is 17.3. The lowest BCUT2D eigenvalue weighted by atomic mass is 10.2. The van der Waals surface area contributed by atoms with Crippen LogP contribution in [0.2, 0.25) is 0 Å². The van der Waals surface area contributed by atoms with E-state index in [0.717, 1.165) is 19.4 Å². The lowest BCUT2D eigenvalue weighted by Gasteiger charge is -2.12. The smallest absolute Gasteiger partial charge is 0.251 e. The number of nitrogens with one attached hydrogen (secondary N) is 3. The van der Waals surface area contributed by atoms with Gasteiger partial charge in [-0.05, 0) is 37.6 Å². The minimum absolute atomic E-state index is 0. The fraction of sp³-hybridized carbons (Fsp3) is 0.400. The van der Waals surface area contributed by atoms with Crippen molar-refractivity contribution in [3.05, 3.63) is 42.5 Å². The van der Waals surface area contributed by atoms with Crippen molar-refractivity contribution in [3.63, 3.8) is 0 Å². The van der Waals surface area contributed by atoms with Gasteiger partial charge in [-0.25, -0.2) is 13.1 Å². The Balaban J connectivity index is 0.00000264. The third-order valence-corrected chi connectivity index (χ3v) is 4.92. The number of carbonyl (C=O) groups is 1. The molecule has 0 radical (unpaired) electrons. The third-order valence-electron chi connectivity index (χ3n) is 3.50. The SMILES string of the molecule is C=CCNS(=O)(=O)c1cccc(C(=O)NCC2CCCN2)c1.Cl. The summed E-state index contributed by atoms with van der Waals surface area (Å²) in [5.74, 6) is -0.269. The zero-order valence-corrected chi connectivity index (χ0v) is 14.4. The van der Waals surface area contributed by atoms with E-state index in [1.165, 1.54) is 18.2 Å². The van der Waals surface area contributed by atoms with Gasteiger partial charge in [0.05, 0.1) is 4.90 Å². The molecular formula is C15H22ClN3O3S. The van der Waals surface area contributed by atoms with E-state index in [4.69, 9.17) is 0 Å². The molecule has 1 amide bonds. The molecule has 0 spiro atoms. The molecule has 0 saturated carbocycles. The number of sulfonamides is 1. The van der Waals surface area contributed by atoms with Gasteiger partial charge >= 0.3 is 0 Å².